The maximum atomic E-state index is 12.3. The molecule has 1 atom stereocenters. The summed E-state index contributed by atoms with van der Waals surface area (Å²) in [5.74, 6) is -0.132. The van der Waals surface area contributed by atoms with Gasteiger partial charge >= 0.3 is 0 Å². The van der Waals surface area contributed by atoms with Crippen molar-refractivity contribution in [2.24, 2.45) is 5.41 Å². The van der Waals surface area contributed by atoms with Crippen LogP contribution in [0.5, 0.6) is 0 Å². The zero-order valence-electron chi connectivity index (χ0n) is 11.2. The second-order valence-corrected chi connectivity index (χ2v) is 5.20. The van der Waals surface area contributed by atoms with E-state index in [-0.39, 0.29) is 18.6 Å². The highest BCUT2D eigenvalue weighted by Crippen LogP contribution is 2.34. The predicted octanol–water partition coefficient (Wildman–Crippen LogP) is 2.13. The van der Waals surface area contributed by atoms with Crippen molar-refractivity contribution in [3.8, 4) is 6.07 Å². The summed E-state index contributed by atoms with van der Waals surface area (Å²) in [5, 5.41) is 21.3. The van der Waals surface area contributed by atoms with E-state index in [9.17, 15) is 10.1 Å². The van der Waals surface area contributed by atoms with Crippen LogP contribution in [0, 0.1) is 16.7 Å². The first-order chi connectivity index (χ1) is 8.68. The molecule has 0 aliphatic heterocycles. The molecule has 102 valence electrons. The third-order valence-corrected chi connectivity index (χ3v) is 3.91. The molecular weight excluding hydrogens is 228 g/mol. The fraction of sp³-hybridized carbons (Fsp3) is 0.857. The van der Waals surface area contributed by atoms with Gasteiger partial charge in [0.25, 0.3) is 0 Å². The van der Waals surface area contributed by atoms with Crippen LogP contribution < -0.4 is 5.32 Å². The third-order valence-electron chi connectivity index (χ3n) is 3.91. The lowest BCUT2D eigenvalue weighted by Gasteiger charge is -2.26. The normalized spacial score (nSPS) is 20.5. The van der Waals surface area contributed by atoms with Crippen molar-refractivity contribution in [1.82, 2.24) is 5.32 Å². The second-order valence-electron chi connectivity index (χ2n) is 5.20. The molecule has 0 aromatic carbocycles. The van der Waals surface area contributed by atoms with Crippen molar-refractivity contribution in [3.05, 3.63) is 0 Å². The molecule has 1 saturated carbocycles. The molecular formula is C14H24N2O2. The molecule has 4 heteroatoms. The van der Waals surface area contributed by atoms with Gasteiger partial charge in [-0.15, -0.1) is 0 Å². The summed E-state index contributed by atoms with van der Waals surface area (Å²) in [6.07, 6.45) is 6.83. The summed E-state index contributed by atoms with van der Waals surface area (Å²) >= 11 is 0. The van der Waals surface area contributed by atoms with Crippen LogP contribution in [-0.2, 0) is 4.79 Å². The Kier molecular flexibility index (Phi) is 6.14. The first-order valence-electron chi connectivity index (χ1n) is 7.01. The maximum absolute atomic E-state index is 12.3. The molecule has 0 bridgehead atoms. The molecule has 0 heterocycles. The van der Waals surface area contributed by atoms with Crippen LogP contribution in [0.3, 0.4) is 0 Å². The molecule has 1 aliphatic carbocycles. The Labute approximate surface area is 109 Å². The number of aliphatic hydroxyl groups is 1. The Hall–Kier alpha value is -1.08. The molecule has 0 radical (unpaired) electrons. The molecule has 4 nitrogen and oxygen atoms in total. The summed E-state index contributed by atoms with van der Waals surface area (Å²) in [6, 6.07) is 2.24. The minimum Gasteiger partial charge on any atom is -0.396 e. The summed E-state index contributed by atoms with van der Waals surface area (Å²) in [6.45, 7) is 2.05. The quantitative estimate of drug-likeness (QED) is 0.736. The number of rotatable bonds is 5. The van der Waals surface area contributed by atoms with Gasteiger partial charge in [-0.2, -0.15) is 5.26 Å². The van der Waals surface area contributed by atoms with Crippen LogP contribution >= 0.6 is 0 Å². The molecule has 18 heavy (non-hydrogen) atoms. The van der Waals surface area contributed by atoms with Crippen LogP contribution in [0.25, 0.3) is 0 Å². The van der Waals surface area contributed by atoms with Crippen molar-refractivity contribution >= 4 is 5.91 Å². The van der Waals surface area contributed by atoms with Crippen molar-refractivity contribution in [2.75, 3.05) is 6.61 Å². The molecule has 0 saturated heterocycles. The number of hydrogen-bond donors (Lipinski definition) is 2. The SMILES string of the molecule is CCC(CCO)NC(=O)C1(C#N)CCCCCC1. The van der Waals surface area contributed by atoms with Gasteiger partial charge in [0.15, 0.2) is 0 Å². The van der Waals surface area contributed by atoms with E-state index >= 15 is 0 Å². The average molecular weight is 252 g/mol. The van der Waals surface area contributed by atoms with E-state index in [1.807, 2.05) is 6.92 Å². The van der Waals surface area contributed by atoms with Crippen molar-refractivity contribution in [1.29, 1.82) is 5.26 Å². The molecule has 1 unspecified atom stereocenters. The first-order valence-corrected chi connectivity index (χ1v) is 7.01. The molecule has 1 aliphatic rings. The summed E-state index contributed by atoms with van der Waals surface area (Å²) < 4.78 is 0. The van der Waals surface area contributed by atoms with Crippen LogP contribution in [0.4, 0.5) is 0 Å². The Balaban J connectivity index is 2.68. The minimum atomic E-state index is -0.834. The van der Waals surface area contributed by atoms with Gasteiger partial charge in [0.1, 0.15) is 5.41 Å². The van der Waals surface area contributed by atoms with Gasteiger partial charge in [0.2, 0.25) is 5.91 Å². The van der Waals surface area contributed by atoms with Crippen LogP contribution in [0.15, 0.2) is 0 Å². The lowest BCUT2D eigenvalue weighted by atomic mass is 9.80. The summed E-state index contributed by atoms with van der Waals surface area (Å²) in [5.41, 5.74) is -0.834. The molecule has 0 spiro atoms. The Morgan fingerprint density at radius 1 is 1.39 bits per heavy atom. The summed E-state index contributed by atoms with van der Waals surface area (Å²) in [4.78, 5) is 12.3. The zero-order valence-corrected chi connectivity index (χ0v) is 11.2. The third kappa shape index (κ3) is 3.71. The average Bonchev–Trinajstić information content (AvgIpc) is 2.64. The highest BCUT2D eigenvalue weighted by Gasteiger charge is 2.39. The van der Waals surface area contributed by atoms with E-state index in [1.165, 1.54) is 0 Å². The van der Waals surface area contributed by atoms with Gasteiger partial charge in [-0.1, -0.05) is 32.6 Å². The van der Waals surface area contributed by atoms with Gasteiger partial charge in [-0.25, -0.2) is 0 Å². The highest BCUT2D eigenvalue weighted by molar-refractivity contribution is 5.85. The van der Waals surface area contributed by atoms with Gasteiger partial charge < -0.3 is 10.4 Å². The van der Waals surface area contributed by atoms with E-state index in [0.29, 0.717) is 19.3 Å². The zero-order chi connectivity index (χ0) is 13.4. The van der Waals surface area contributed by atoms with Gasteiger partial charge in [-0.3, -0.25) is 4.79 Å². The smallest absolute Gasteiger partial charge is 0.240 e. The van der Waals surface area contributed by atoms with Gasteiger partial charge in [-0.05, 0) is 25.7 Å². The molecule has 1 amide bonds. The van der Waals surface area contributed by atoms with Crippen LogP contribution in [0.2, 0.25) is 0 Å². The predicted molar refractivity (Wildman–Crippen MR) is 69.7 cm³/mol. The molecule has 0 aromatic heterocycles. The number of nitrogens with zero attached hydrogens (tertiary/aromatic N) is 1. The Morgan fingerprint density at radius 3 is 2.44 bits per heavy atom. The highest BCUT2D eigenvalue weighted by atomic mass is 16.3. The number of nitrogens with one attached hydrogen (secondary N) is 1. The topological polar surface area (TPSA) is 73.1 Å². The molecule has 0 aromatic rings. The minimum absolute atomic E-state index is 0.0176. The molecule has 1 rings (SSSR count). The standard InChI is InChI=1S/C14H24N2O2/c1-2-12(7-10-17)16-13(18)14(11-15)8-5-3-4-6-9-14/h12,17H,2-10H2,1H3,(H,16,18). The van der Waals surface area contributed by atoms with Gasteiger partial charge in [0, 0.05) is 12.6 Å². The van der Waals surface area contributed by atoms with E-state index in [4.69, 9.17) is 5.11 Å². The number of aliphatic hydroxyl groups excluding tert-OH is 1. The van der Waals surface area contributed by atoms with E-state index in [1.54, 1.807) is 0 Å². The van der Waals surface area contributed by atoms with Gasteiger partial charge in [0.05, 0.1) is 6.07 Å². The lowest BCUT2D eigenvalue weighted by molar-refractivity contribution is -0.129. The molecule has 1 fully saturated rings. The van der Waals surface area contributed by atoms with E-state index in [0.717, 1.165) is 32.1 Å². The fourth-order valence-corrected chi connectivity index (χ4v) is 2.58. The van der Waals surface area contributed by atoms with E-state index < -0.39 is 5.41 Å². The number of carbonyl (C=O) groups excluding carboxylic acids is 1. The Bertz CT molecular complexity index is 301. The second kappa shape index (κ2) is 7.38. The van der Waals surface area contributed by atoms with Crippen molar-refractivity contribution in [2.45, 2.75) is 64.3 Å². The van der Waals surface area contributed by atoms with E-state index in [2.05, 4.69) is 11.4 Å². The number of amides is 1. The lowest BCUT2D eigenvalue weighted by Crippen LogP contribution is -2.45. The number of hydrogen-bond acceptors (Lipinski definition) is 3. The fourth-order valence-electron chi connectivity index (χ4n) is 2.58. The van der Waals surface area contributed by atoms with Crippen LogP contribution in [-0.4, -0.2) is 23.7 Å². The van der Waals surface area contributed by atoms with Crippen molar-refractivity contribution < 1.29 is 9.90 Å². The number of carbonyl (C=O) groups is 1. The summed E-state index contributed by atoms with van der Waals surface area (Å²) in [7, 11) is 0. The monoisotopic (exact) mass is 252 g/mol. The Morgan fingerprint density at radius 2 is 2.00 bits per heavy atom. The number of nitriles is 1. The largest absolute Gasteiger partial charge is 0.396 e. The van der Waals surface area contributed by atoms with Crippen molar-refractivity contribution in [3.63, 3.8) is 0 Å². The van der Waals surface area contributed by atoms with Crippen LogP contribution in [0.1, 0.15) is 58.3 Å². The maximum Gasteiger partial charge on any atom is 0.240 e. The molecule has 2 N–H and O–H groups in total. The first kappa shape index (κ1) is 15.0.